The largest absolute Gasteiger partial charge is 0.481 e. The summed E-state index contributed by atoms with van der Waals surface area (Å²) < 4.78 is 5.05. The van der Waals surface area contributed by atoms with Crippen LogP contribution < -0.4 is 0 Å². The molecule has 2 heterocycles. The lowest BCUT2D eigenvalue weighted by molar-refractivity contribution is -0.138. The highest BCUT2D eigenvalue weighted by Gasteiger charge is 2.48. The predicted octanol–water partition coefficient (Wildman–Crippen LogP) is 1.02. The van der Waals surface area contributed by atoms with Crippen molar-refractivity contribution in [1.29, 1.82) is 0 Å². The molecule has 92 valence electrons. The second-order valence-electron chi connectivity index (χ2n) is 4.33. The first-order chi connectivity index (χ1) is 8.65. The van der Waals surface area contributed by atoms with Gasteiger partial charge >= 0.3 is 5.97 Å². The number of carbonyl (C=O) groups is 1. The van der Waals surface area contributed by atoms with Gasteiger partial charge in [-0.3, -0.25) is 4.79 Å². The van der Waals surface area contributed by atoms with E-state index in [0.717, 1.165) is 5.56 Å². The van der Waals surface area contributed by atoms with Crippen LogP contribution in [0.25, 0.3) is 11.6 Å². The molecule has 1 fully saturated rings. The molecule has 0 amide bonds. The third kappa shape index (κ3) is 1.83. The van der Waals surface area contributed by atoms with Crippen LogP contribution in [0.1, 0.15) is 23.8 Å². The highest BCUT2D eigenvalue weighted by Crippen LogP contribution is 2.46. The molecule has 0 aliphatic heterocycles. The molecule has 0 radical (unpaired) electrons. The first-order valence-electron chi connectivity index (χ1n) is 5.50. The van der Waals surface area contributed by atoms with Gasteiger partial charge in [-0.05, 0) is 18.9 Å². The van der Waals surface area contributed by atoms with Gasteiger partial charge in [0.1, 0.15) is 0 Å². The molecule has 2 aromatic rings. The molecule has 1 N–H and O–H groups in total. The number of aromatic nitrogens is 4. The first kappa shape index (κ1) is 10.8. The fourth-order valence-electron chi connectivity index (χ4n) is 1.73. The van der Waals surface area contributed by atoms with Gasteiger partial charge in [0.15, 0.2) is 0 Å². The number of nitrogens with zero attached hydrogens (tertiary/aromatic N) is 4. The summed E-state index contributed by atoms with van der Waals surface area (Å²) in [4.78, 5) is 23.1. The average molecular weight is 246 g/mol. The highest BCUT2D eigenvalue weighted by atomic mass is 16.5. The van der Waals surface area contributed by atoms with Gasteiger partial charge in [0.2, 0.25) is 17.5 Å². The Labute approximate surface area is 102 Å². The topological polar surface area (TPSA) is 102 Å². The summed E-state index contributed by atoms with van der Waals surface area (Å²) in [6.07, 6.45) is 3.87. The van der Waals surface area contributed by atoms with E-state index in [1.54, 1.807) is 12.4 Å². The molecule has 0 saturated heterocycles. The van der Waals surface area contributed by atoms with Crippen LogP contribution in [0.5, 0.6) is 0 Å². The van der Waals surface area contributed by atoms with E-state index in [0.29, 0.717) is 24.0 Å². The zero-order chi connectivity index (χ0) is 12.7. The van der Waals surface area contributed by atoms with E-state index < -0.39 is 11.9 Å². The smallest absolute Gasteiger partial charge is 0.307 e. The Balaban J connectivity index is 1.82. The molecule has 1 aliphatic rings. The minimum absolute atomic E-state index is 0.172. The number of hydrogen-bond acceptors (Lipinski definition) is 6. The van der Waals surface area contributed by atoms with Crippen molar-refractivity contribution in [2.45, 2.75) is 19.3 Å². The molecule has 0 spiro atoms. The fourth-order valence-corrected chi connectivity index (χ4v) is 1.73. The summed E-state index contributed by atoms with van der Waals surface area (Å²) >= 11 is 0. The van der Waals surface area contributed by atoms with E-state index in [2.05, 4.69) is 20.1 Å². The van der Waals surface area contributed by atoms with Gasteiger partial charge < -0.3 is 9.63 Å². The van der Waals surface area contributed by atoms with Crippen LogP contribution in [-0.4, -0.2) is 31.2 Å². The van der Waals surface area contributed by atoms with Gasteiger partial charge in [-0.25, -0.2) is 9.97 Å². The maximum Gasteiger partial charge on any atom is 0.307 e. The Bertz CT molecular complexity index is 593. The molecule has 2 aromatic heterocycles. The Morgan fingerprint density at radius 2 is 2.11 bits per heavy atom. The van der Waals surface area contributed by atoms with Gasteiger partial charge in [-0.15, -0.1) is 0 Å². The maximum atomic E-state index is 10.7. The molecule has 7 heteroatoms. The van der Waals surface area contributed by atoms with Crippen LogP contribution in [0.2, 0.25) is 0 Å². The van der Waals surface area contributed by atoms with Crippen LogP contribution >= 0.6 is 0 Å². The zero-order valence-corrected chi connectivity index (χ0v) is 9.57. The van der Waals surface area contributed by atoms with E-state index >= 15 is 0 Å². The monoisotopic (exact) mass is 246 g/mol. The van der Waals surface area contributed by atoms with Crippen molar-refractivity contribution < 1.29 is 14.4 Å². The van der Waals surface area contributed by atoms with E-state index in [9.17, 15) is 4.79 Å². The van der Waals surface area contributed by atoms with Gasteiger partial charge in [0.25, 0.3) is 0 Å². The number of aryl methyl sites for hydroxylation is 1. The lowest BCUT2D eigenvalue weighted by atomic mass is 10.3. The fraction of sp³-hybridized carbons (Fsp3) is 0.364. The normalized spacial score (nSPS) is 21.8. The minimum atomic E-state index is -0.827. The van der Waals surface area contributed by atoms with E-state index in [-0.39, 0.29) is 5.92 Å². The lowest BCUT2D eigenvalue weighted by Gasteiger charge is -1.92. The van der Waals surface area contributed by atoms with Crippen LogP contribution in [0.4, 0.5) is 0 Å². The van der Waals surface area contributed by atoms with Crippen molar-refractivity contribution >= 4 is 5.97 Å². The van der Waals surface area contributed by atoms with Crippen LogP contribution in [-0.2, 0) is 4.79 Å². The third-order valence-electron chi connectivity index (χ3n) is 2.85. The Hall–Kier alpha value is -2.31. The molecule has 3 rings (SSSR count). The SMILES string of the molecule is Cc1cnc(-c2noc(C3CC3C(=O)O)n2)nc1. The van der Waals surface area contributed by atoms with Gasteiger partial charge in [-0.1, -0.05) is 5.16 Å². The molecule has 0 aromatic carbocycles. The zero-order valence-electron chi connectivity index (χ0n) is 9.57. The summed E-state index contributed by atoms with van der Waals surface area (Å²) in [5, 5.41) is 12.6. The molecule has 1 saturated carbocycles. The summed E-state index contributed by atoms with van der Waals surface area (Å²) in [6.45, 7) is 1.88. The first-order valence-corrected chi connectivity index (χ1v) is 5.50. The van der Waals surface area contributed by atoms with Gasteiger partial charge in [0, 0.05) is 12.4 Å². The van der Waals surface area contributed by atoms with Crippen molar-refractivity contribution in [3.63, 3.8) is 0 Å². The third-order valence-corrected chi connectivity index (χ3v) is 2.85. The Kier molecular flexibility index (Phi) is 2.32. The summed E-state index contributed by atoms with van der Waals surface area (Å²) in [6, 6.07) is 0. The Morgan fingerprint density at radius 3 is 2.72 bits per heavy atom. The molecular formula is C11H10N4O3. The molecule has 2 unspecified atom stereocenters. The summed E-state index contributed by atoms with van der Waals surface area (Å²) in [5.41, 5.74) is 0.940. The quantitative estimate of drug-likeness (QED) is 0.862. The molecule has 1 aliphatic carbocycles. The molecular weight excluding hydrogens is 236 g/mol. The lowest BCUT2D eigenvalue weighted by Crippen LogP contribution is -1.99. The van der Waals surface area contributed by atoms with Crippen molar-refractivity contribution in [3.8, 4) is 11.6 Å². The Morgan fingerprint density at radius 1 is 1.39 bits per heavy atom. The van der Waals surface area contributed by atoms with Gasteiger partial charge in [0.05, 0.1) is 11.8 Å². The van der Waals surface area contributed by atoms with Crippen molar-refractivity contribution in [3.05, 3.63) is 23.8 Å². The minimum Gasteiger partial charge on any atom is -0.481 e. The average Bonchev–Trinajstić information content (AvgIpc) is 3.02. The second kappa shape index (κ2) is 3.86. The van der Waals surface area contributed by atoms with E-state index in [4.69, 9.17) is 9.63 Å². The number of aliphatic carboxylic acids is 1. The van der Waals surface area contributed by atoms with E-state index in [1.807, 2.05) is 6.92 Å². The van der Waals surface area contributed by atoms with Crippen LogP contribution in [0.3, 0.4) is 0 Å². The number of hydrogen-bond donors (Lipinski definition) is 1. The van der Waals surface area contributed by atoms with E-state index in [1.165, 1.54) is 0 Å². The number of carboxylic acids is 1. The van der Waals surface area contributed by atoms with Crippen molar-refractivity contribution in [2.75, 3.05) is 0 Å². The highest BCUT2D eigenvalue weighted by molar-refractivity contribution is 5.74. The molecule has 2 atom stereocenters. The summed E-state index contributed by atoms with van der Waals surface area (Å²) in [5.74, 6) is -0.386. The molecule has 7 nitrogen and oxygen atoms in total. The summed E-state index contributed by atoms with van der Waals surface area (Å²) in [7, 11) is 0. The van der Waals surface area contributed by atoms with Gasteiger partial charge in [-0.2, -0.15) is 4.98 Å². The van der Waals surface area contributed by atoms with Crippen LogP contribution in [0, 0.1) is 12.8 Å². The predicted molar refractivity (Wildman–Crippen MR) is 58.5 cm³/mol. The maximum absolute atomic E-state index is 10.7. The number of rotatable bonds is 3. The van der Waals surface area contributed by atoms with Crippen LogP contribution in [0.15, 0.2) is 16.9 Å². The number of carboxylic acid groups (broad SMARTS) is 1. The van der Waals surface area contributed by atoms with Crippen molar-refractivity contribution in [1.82, 2.24) is 20.1 Å². The second-order valence-corrected chi connectivity index (χ2v) is 4.33. The molecule has 0 bridgehead atoms. The van der Waals surface area contributed by atoms with Crippen molar-refractivity contribution in [2.24, 2.45) is 5.92 Å². The standard InChI is InChI=1S/C11H10N4O3/c1-5-3-12-8(13-4-5)9-14-10(18-15-9)6-2-7(6)11(16)17/h3-4,6-7H,2H2,1H3,(H,16,17). The molecule has 18 heavy (non-hydrogen) atoms.